The zero-order valence-corrected chi connectivity index (χ0v) is 14.9. The van der Waals surface area contributed by atoms with E-state index in [1.54, 1.807) is 0 Å². The molecule has 0 bridgehead atoms. The van der Waals surface area contributed by atoms with Gasteiger partial charge in [0.2, 0.25) is 10.9 Å². The second-order valence-corrected chi connectivity index (χ2v) is 7.00. The molecule has 0 radical (unpaired) electrons. The summed E-state index contributed by atoms with van der Waals surface area (Å²) in [6, 6.07) is 18.2. The van der Waals surface area contributed by atoms with Crippen LogP contribution in [0.1, 0.15) is 11.1 Å². The lowest BCUT2D eigenvalue weighted by molar-refractivity contribution is 0.249. The number of benzene rings is 2. The molecule has 0 atom stereocenters. The van der Waals surface area contributed by atoms with Crippen LogP contribution < -0.4 is 15.8 Å². The summed E-state index contributed by atoms with van der Waals surface area (Å²) in [5.74, 6) is 0. The Morgan fingerprint density at radius 2 is 1.46 bits per heavy atom. The molecule has 0 unspecified atom stereocenters. The number of anilines is 1. The predicted octanol–water partition coefficient (Wildman–Crippen LogP) is 2.58. The molecular formula is C22H22N2O2. The Morgan fingerprint density at radius 1 is 0.808 bits per heavy atom. The van der Waals surface area contributed by atoms with Crippen LogP contribution in [0.5, 0.6) is 0 Å². The maximum Gasteiger partial charge on any atom is 0.250 e. The summed E-state index contributed by atoms with van der Waals surface area (Å²) in [6.45, 7) is 6.26. The van der Waals surface area contributed by atoms with E-state index in [4.69, 9.17) is 0 Å². The first kappa shape index (κ1) is 16.7. The minimum atomic E-state index is -0.351. The quantitative estimate of drug-likeness (QED) is 0.681. The number of nitrogens with zero attached hydrogens (tertiary/aromatic N) is 2. The number of hydrogen-bond donors (Lipinski definition) is 0. The Morgan fingerprint density at radius 3 is 2.12 bits per heavy atom. The molecule has 3 aromatic carbocycles. The molecule has 1 fully saturated rings. The van der Waals surface area contributed by atoms with Crippen LogP contribution in [0, 0.1) is 6.92 Å². The largest absolute Gasteiger partial charge is 0.365 e. The van der Waals surface area contributed by atoms with Gasteiger partial charge in [0.15, 0.2) is 0 Å². The summed E-state index contributed by atoms with van der Waals surface area (Å²) in [7, 11) is 0. The van der Waals surface area contributed by atoms with Gasteiger partial charge in [-0.3, -0.25) is 14.5 Å². The number of rotatable bonds is 4. The lowest BCUT2D eigenvalue weighted by Crippen LogP contribution is -2.51. The van der Waals surface area contributed by atoms with E-state index in [-0.39, 0.29) is 10.9 Å². The van der Waals surface area contributed by atoms with E-state index in [9.17, 15) is 9.59 Å². The summed E-state index contributed by atoms with van der Waals surface area (Å²) >= 11 is 0. The summed E-state index contributed by atoms with van der Waals surface area (Å²) in [4.78, 5) is 28.9. The maximum atomic E-state index is 12.2. The highest BCUT2D eigenvalue weighted by molar-refractivity contribution is 5.82. The van der Waals surface area contributed by atoms with Crippen molar-refractivity contribution >= 4 is 5.69 Å². The topological polar surface area (TPSA) is 40.6 Å². The monoisotopic (exact) mass is 346 g/mol. The Labute approximate surface area is 153 Å². The predicted molar refractivity (Wildman–Crippen MR) is 105 cm³/mol. The van der Waals surface area contributed by atoms with Gasteiger partial charge in [0.05, 0.1) is 5.56 Å². The third-order valence-corrected chi connectivity index (χ3v) is 5.16. The normalized spacial score (nSPS) is 15.5. The van der Waals surface area contributed by atoms with Crippen LogP contribution in [0.3, 0.4) is 0 Å². The molecule has 26 heavy (non-hydrogen) atoms. The Hall–Kier alpha value is -2.72. The zero-order valence-electron chi connectivity index (χ0n) is 14.9. The lowest BCUT2D eigenvalue weighted by Gasteiger charge is -2.37. The molecular weight excluding hydrogens is 324 g/mol. The average molecular weight is 346 g/mol. The van der Waals surface area contributed by atoms with Gasteiger partial charge in [0.1, 0.15) is 5.69 Å². The smallest absolute Gasteiger partial charge is 0.250 e. The van der Waals surface area contributed by atoms with E-state index in [0.717, 1.165) is 43.9 Å². The van der Waals surface area contributed by atoms with Gasteiger partial charge in [0.25, 0.3) is 0 Å². The minimum absolute atomic E-state index is 0.336. The SMILES string of the molecule is Cc1ccc(-c2c(N3CCN(Cc4ccccc4)CC3)c(=O)c2=O)cc1. The molecule has 0 spiro atoms. The Kier molecular flexibility index (Phi) is 4.43. The van der Waals surface area contributed by atoms with Gasteiger partial charge in [-0.05, 0) is 18.1 Å². The van der Waals surface area contributed by atoms with Crippen LogP contribution in [0.4, 0.5) is 5.69 Å². The Bertz CT molecular complexity index is 962. The third-order valence-electron chi connectivity index (χ3n) is 5.16. The van der Waals surface area contributed by atoms with Crippen molar-refractivity contribution in [3.63, 3.8) is 0 Å². The van der Waals surface area contributed by atoms with Crippen LogP contribution in [0.2, 0.25) is 0 Å². The summed E-state index contributed by atoms with van der Waals surface area (Å²) < 4.78 is 0. The molecule has 4 heteroatoms. The highest BCUT2D eigenvalue weighted by Crippen LogP contribution is 2.27. The minimum Gasteiger partial charge on any atom is -0.365 e. The van der Waals surface area contributed by atoms with Crippen molar-refractivity contribution in [2.24, 2.45) is 0 Å². The number of hydrogen-bond acceptors (Lipinski definition) is 4. The van der Waals surface area contributed by atoms with Gasteiger partial charge in [-0.15, -0.1) is 0 Å². The molecule has 3 aromatic rings. The van der Waals surface area contributed by atoms with Crippen molar-refractivity contribution < 1.29 is 0 Å². The van der Waals surface area contributed by atoms with Crippen molar-refractivity contribution in [1.29, 1.82) is 0 Å². The number of piperazine rings is 1. The fourth-order valence-electron chi connectivity index (χ4n) is 3.64. The van der Waals surface area contributed by atoms with Gasteiger partial charge in [-0.1, -0.05) is 60.2 Å². The molecule has 4 rings (SSSR count). The van der Waals surface area contributed by atoms with Crippen molar-refractivity contribution in [3.8, 4) is 11.1 Å². The van der Waals surface area contributed by atoms with Crippen LogP contribution in [-0.4, -0.2) is 31.1 Å². The zero-order chi connectivity index (χ0) is 18.1. The van der Waals surface area contributed by atoms with Gasteiger partial charge in [-0.25, -0.2) is 0 Å². The highest BCUT2D eigenvalue weighted by Gasteiger charge is 2.29. The molecule has 1 heterocycles. The van der Waals surface area contributed by atoms with E-state index in [1.165, 1.54) is 5.56 Å². The molecule has 4 nitrogen and oxygen atoms in total. The summed E-state index contributed by atoms with van der Waals surface area (Å²) in [5, 5.41) is 0. The first-order chi connectivity index (χ1) is 12.6. The van der Waals surface area contributed by atoms with E-state index < -0.39 is 0 Å². The van der Waals surface area contributed by atoms with Crippen LogP contribution in [-0.2, 0) is 6.54 Å². The van der Waals surface area contributed by atoms with Gasteiger partial charge < -0.3 is 4.90 Å². The molecule has 0 amide bonds. The lowest BCUT2D eigenvalue weighted by atomic mass is 9.96. The number of aryl methyl sites for hydroxylation is 1. The summed E-state index contributed by atoms with van der Waals surface area (Å²) in [6.07, 6.45) is 0. The fourth-order valence-corrected chi connectivity index (χ4v) is 3.64. The van der Waals surface area contributed by atoms with E-state index in [1.807, 2.05) is 37.3 Å². The molecule has 0 saturated carbocycles. The Balaban J connectivity index is 1.49. The van der Waals surface area contributed by atoms with Crippen LogP contribution in [0.15, 0.2) is 64.2 Å². The molecule has 0 N–H and O–H groups in total. The highest BCUT2D eigenvalue weighted by atomic mass is 16.2. The van der Waals surface area contributed by atoms with Crippen molar-refractivity contribution in [3.05, 3.63) is 86.2 Å². The molecule has 1 aliphatic heterocycles. The molecule has 1 saturated heterocycles. The second kappa shape index (κ2) is 6.89. The van der Waals surface area contributed by atoms with Gasteiger partial charge >= 0.3 is 0 Å². The fraction of sp³-hybridized carbons (Fsp3) is 0.273. The maximum absolute atomic E-state index is 12.2. The van der Waals surface area contributed by atoms with Crippen LogP contribution in [0.25, 0.3) is 11.1 Å². The molecule has 0 aromatic heterocycles. The van der Waals surface area contributed by atoms with E-state index in [2.05, 4.69) is 34.1 Å². The average Bonchev–Trinajstić information content (AvgIpc) is 2.68. The molecule has 0 aliphatic carbocycles. The second-order valence-electron chi connectivity index (χ2n) is 7.00. The van der Waals surface area contributed by atoms with Crippen molar-refractivity contribution in [2.45, 2.75) is 13.5 Å². The van der Waals surface area contributed by atoms with E-state index >= 15 is 0 Å². The first-order valence-corrected chi connectivity index (χ1v) is 9.05. The van der Waals surface area contributed by atoms with Crippen molar-refractivity contribution in [1.82, 2.24) is 4.90 Å². The first-order valence-electron chi connectivity index (χ1n) is 9.05. The van der Waals surface area contributed by atoms with E-state index in [0.29, 0.717) is 11.3 Å². The summed E-state index contributed by atoms with van der Waals surface area (Å²) in [5.41, 5.74) is 3.80. The standard InChI is InChI=1S/C22H22N2O2/c1-16-7-9-18(10-8-16)19-20(22(26)21(19)25)24-13-11-23(12-14-24)15-17-5-3-2-4-6-17/h2-10H,11-15H2,1H3. The van der Waals surface area contributed by atoms with Crippen molar-refractivity contribution in [2.75, 3.05) is 31.1 Å². The third kappa shape index (κ3) is 3.08. The molecule has 132 valence electrons. The van der Waals surface area contributed by atoms with Gasteiger partial charge in [-0.2, -0.15) is 0 Å². The molecule has 1 aliphatic rings. The van der Waals surface area contributed by atoms with Crippen LogP contribution >= 0.6 is 0 Å². The van der Waals surface area contributed by atoms with Gasteiger partial charge in [0, 0.05) is 32.7 Å².